The third-order valence-corrected chi connectivity index (χ3v) is 7.60. The predicted octanol–water partition coefficient (Wildman–Crippen LogP) is -4.69. The highest BCUT2D eigenvalue weighted by Crippen LogP contribution is 2.09. The minimum absolute atomic E-state index is 0.0907. The number of carboxylic acids is 4. The number of aliphatic hydroxyl groups is 1. The molecule has 15 N–H and O–H groups in total. The van der Waals surface area contributed by atoms with Crippen LogP contribution < -0.4 is 43.4 Å². The molecule has 0 bridgehead atoms. The molecular weight excluding hydrogens is 724 g/mol. The summed E-state index contributed by atoms with van der Waals surface area (Å²) in [5, 5.41) is 59.8. The number of aliphatic carboxylic acids is 4. The average molecular weight is 777 g/mol. The van der Waals surface area contributed by atoms with Crippen LogP contribution in [0.5, 0.6) is 0 Å². The molecule has 0 radical (unpaired) electrons. The first-order chi connectivity index (χ1) is 25.1. The minimum Gasteiger partial charge on any atom is -0.481 e. The van der Waals surface area contributed by atoms with Gasteiger partial charge < -0.3 is 68.9 Å². The number of carboxylic acid groups (broad SMARTS) is 4. The molecule has 0 saturated heterocycles. The maximum atomic E-state index is 13.6. The lowest BCUT2D eigenvalue weighted by Crippen LogP contribution is -2.61. The van der Waals surface area contributed by atoms with E-state index < -0.39 is 140 Å². The number of unbranched alkanes of at least 4 members (excludes halogenated alkanes) is 1. The predicted molar refractivity (Wildman–Crippen MR) is 184 cm³/mol. The summed E-state index contributed by atoms with van der Waals surface area (Å²) in [6.45, 7) is 3.39. The van der Waals surface area contributed by atoms with Crippen LogP contribution in [0.1, 0.15) is 72.1 Å². The standard InChI is InChI=1S/C31H52N8O15/c1-14(2)24(30(53)37-19(12-22(45)46)27(50)34-13-23(47)48)38-29(52)18(8-10-21(43)44)35-28(51)17(6-4-5-11-32)36-31(54)25(15(3)40)39-26(49)16(33)7-9-20(41)42/h14-19,24-25,40H,4-13,32-33H2,1-3H3,(H,34,50)(H,35,51)(H,36,54)(H,37,53)(H,38,52)(H,39,49)(H,41,42)(H,43,44)(H,45,46)(H,47,48)/t15-,16+,17+,18+,19+,24+,25+/m1/s1. The molecular formula is C31H52N8O15. The van der Waals surface area contributed by atoms with Crippen molar-refractivity contribution in [1.29, 1.82) is 0 Å². The molecule has 23 heteroatoms. The maximum Gasteiger partial charge on any atom is 0.322 e. The first-order valence-corrected chi connectivity index (χ1v) is 16.9. The third kappa shape index (κ3) is 19.4. The Morgan fingerprint density at radius 2 is 1.02 bits per heavy atom. The first kappa shape index (κ1) is 48.6. The van der Waals surface area contributed by atoms with Gasteiger partial charge in [-0.2, -0.15) is 0 Å². The van der Waals surface area contributed by atoms with Gasteiger partial charge in [-0.3, -0.25) is 47.9 Å². The van der Waals surface area contributed by atoms with Crippen molar-refractivity contribution in [3.8, 4) is 0 Å². The van der Waals surface area contributed by atoms with Crippen LogP contribution in [0.25, 0.3) is 0 Å². The zero-order valence-corrected chi connectivity index (χ0v) is 30.2. The summed E-state index contributed by atoms with van der Waals surface area (Å²) in [6, 6.07) is -9.39. The second-order valence-electron chi connectivity index (χ2n) is 12.6. The van der Waals surface area contributed by atoms with Crippen LogP contribution in [0.15, 0.2) is 0 Å². The molecule has 306 valence electrons. The van der Waals surface area contributed by atoms with Gasteiger partial charge in [-0.05, 0) is 51.5 Å². The van der Waals surface area contributed by atoms with E-state index in [-0.39, 0.29) is 25.8 Å². The van der Waals surface area contributed by atoms with Crippen LogP contribution in [0.4, 0.5) is 0 Å². The zero-order valence-electron chi connectivity index (χ0n) is 30.2. The lowest BCUT2D eigenvalue weighted by Gasteiger charge is -2.28. The Bertz CT molecular complexity index is 1360. The molecule has 7 atom stereocenters. The molecule has 0 aromatic carbocycles. The van der Waals surface area contributed by atoms with Gasteiger partial charge in [0, 0.05) is 12.8 Å². The lowest BCUT2D eigenvalue weighted by atomic mass is 10.0. The molecule has 0 unspecified atom stereocenters. The number of carbonyl (C=O) groups excluding carboxylic acids is 6. The average Bonchev–Trinajstić information content (AvgIpc) is 3.07. The fourth-order valence-electron chi connectivity index (χ4n) is 4.63. The van der Waals surface area contributed by atoms with Crippen LogP contribution in [0.2, 0.25) is 0 Å². The largest absolute Gasteiger partial charge is 0.481 e. The summed E-state index contributed by atoms with van der Waals surface area (Å²) in [5.41, 5.74) is 11.3. The summed E-state index contributed by atoms with van der Waals surface area (Å²) < 4.78 is 0. The van der Waals surface area contributed by atoms with Gasteiger partial charge in [0.25, 0.3) is 0 Å². The van der Waals surface area contributed by atoms with Crippen molar-refractivity contribution >= 4 is 59.3 Å². The second-order valence-corrected chi connectivity index (χ2v) is 12.6. The first-order valence-electron chi connectivity index (χ1n) is 16.9. The van der Waals surface area contributed by atoms with Gasteiger partial charge in [-0.25, -0.2) is 0 Å². The van der Waals surface area contributed by atoms with Gasteiger partial charge in [-0.15, -0.1) is 0 Å². The fourth-order valence-corrected chi connectivity index (χ4v) is 4.63. The van der Waals surface area contributed by atoms with E-state index in [0.29, 0.717) is 6.42 Å². The van der Waals surface area contributed by atoms with Crippen molar-refractivity contribution < 1.29 is 73.5 Å². The van der Waals surface area contributed by atoms with Crippen molar-refractivity contribution in [1.82, 2.24) is 31.9 Å². The smallest absolute Gasteiger partial charge is 0.322 e. The van der Waals surface area contributed by atoms with Crippen molar-refractivity contribution in [3.63, 3.8) is 0 Å². The molecule has 23 nitrogen and oxygen atoms in total. The van der Waals surface area contributed by atoms with Gasteiger partial charge >= 0.3 is 23.9 Å². The van der Waals surface area contributed by atoms with Crippen LogP contribution >= 0.6 is 0 Å². The number of nitrogens with one attached hydrogen (secondary N) is 6. The van der Waals surface area contributed by atoms with E-state index in [9.17, 15) is 63.3 Å². The van der Waals surface area contributed by atoms with Gasteiger partial charge in [-0.1, -0.05) is 13.8 Å². The molecule has 6 amide bonds. The third-order valence-electron chi connectivity index (χ3n) is 7.60. The van der Waals surface area contributed by atoms with Crippen molar-refractivity contribution in [2.75, 3.05) is 13.1 Å². The van der Waals surface area contributed by atoms with Crippen molar-refractivity contribution in [2.45, 2.75) is 114 Å². The molecule has 54 heavy (non-hydrogen) atoms. The molecule has 0 aromatic heterocycles. The highest BCUT2D eigenvalue weighted by Gasteiger charge is 2.35. The van der Waals surface area contributed by atoms with Gasteiger partial charge in [0.15, 0.2) is 0 Å². The molecule has 0 aliphatic heterocycles. The van der Waals surface area contributed by atoms with Crippen LogP contribution in [0.3, 0.4) is 0 Å². The Morgan fingerprint density at radius 3 is 1.52 bits per heavy atom. The number of carbonyl (C=O) groups is 10. The van der Waals surface area contributed by atoms with Gasteiger partial charge in [0.2, 0.25) is 35.4 Å². The Balaban J connectivity index is 6.24. The van der Waals surface area contributed by atoms with E-state index in [1.165, 1.54) is 13.8 Å². The van der Waals surface area contributed by atoms with Crippen LogP contribution in [-0.2, 0) is 47.9 Å². The summed E-state index contributed by atoms with van der Waals surface area (Å²) >= 11 is 0. The monoisotopic (exact) mass is 776 g/mol. The summed E-state index contributed by atoms with van der Waals surface area (Å²) in [7, 11) is 0. The molecule has 0 heterocycles. The molecule has 0 saturated carbocycles. The highest BCUT2D eigenvalue weighted by molar-refractivity contribution is 5.97. The molecule has 0 rings (SSSR count). The van der Waals surface area contributed by atoms with E-state index in [1.54, 1.807) is 0 Å². The van der Waals surface area contributed by atoms with Crippen molar-refractivity contribution in [3.05, 3.63) is 0 Å². The zero-order chi connectivity index (χ0) is 41.7. The van der Waals surface area contributed by atoms with E-state index in [1.807, 2.05) is 5.32 Å². The normalized spacial score (nSPS) is 14.8. The Morgan fingerprint density at radius 1 is 0.537 bits per heavy atom. The molecule has 0 fully saturated rings. The van der Waals surface area contributed by atoms with Gasteiger partial charge in [0.05, 0.1) is 18.6 Å². The maximum absolute atomic E-state index is 13.6. The number of rotatable bonds is 27. The molecule has 0 spiro atoms. The highest BCUT2D eigenvalue weighted by atomic mass is 16.4. The summed E-state index contributed by atoms with van der Waals surface area (Å²) in [4.78, 5) is 123. The Hall–Kier alpha value is -5.42. The van der Waals surface area contributed by atoms with Gasteiger partial charge in [0.1, 0.15) is 36.8 Å². The number of hydrogen-bond acceptors (Lipinski definition) is 13. The van der Waals surface area contributed by atoms with E-state index in [0.717, 1.165) is 6.92 Å². The molecule has 0 aliphatic carbocycles. The fraction of sp³-hybridized carbons (Fsp3) is 0.677. The lowest BCUT2D eigenvalue weighted by molar-refractivity contribution is -0.142. The number of nitrogens with two attached hydrogens (primary N) is 2. The minimum atomic E-state index is -1.76. The molecule has 0 aromatic rings. The summed E-state index contributed by atoms with van der Waals surface area (Å²) in [5.74, 6) is -12.7. The second kappa shape index (κ2) is 24.8. The SMILES string of the molecule is CC(C)[C@H](NC(=O)[C@H](CCC(=O)O)NC(=O)[C@H](CCCCN)NC(=O)[C@@H](NC(=O)[C@@H](N)CCC(=O)O)[C@@H](C)O)C(=O)N[C@@H](CC(=O)O)C(=O)NCC(=O)O. The quantitative estimate of drug-likeness (QED) is 0.0349. The Kier molecular flexibility index (Phi) is 22.3. The number of aliphatic hydroxyl groups excluding tert-OH is 1. The van der Waals surface area contributed by atoms with E-state index >= 15 is 0 Å². The van der Waals surface area contributed by atoms with Crippen LogP contribution in [-0.4, -0.2) is 140 Å². The topological polar surface area (TPSA) is 396 Å². The Labute approximate surface area is 309 Å². The van der Waals surface area contributed by atoms with E-state index in [4.69, 9.17) is 21.7 Å². The number of amides is 6. The van der Waals surface area contributed by atoms with Crippen molar-refractivity contribution in [2.24, 2.45) is 17.4 Å². The van der Waals surface area contributed by atoms with E-state index in [2.05, 4.69) is 26.6 Å². The summed E-state index contributed by atoms with van der Waals surface area (Å²) in [6.07, 6.45) is -3.90. The molecule has 0 aliphatic rings. The number of hydrogen-bond donors (Lipinski definition) is 13. The van der Waals surface area contributed by atoms with Crippen LogP contribution in [0, 0.1) is 5.92 Å².